The SMILES string of the molecule is CC1CCCC(N(C)C(CN)c2ccccn2)C1. The molecule has 1 aromatic heterocycles. The minimum atomic E-state index is 0.251. The summed E-state index contributed by atoms with van der Waals surface area (Å²) in [6, 6.07) is 6.99. The molecule has 0 amide bonds. The molecular weight excluding hydrogens is 222 g/mol. The highest BCUT2D eigenvalue weighted by molar-refractivity contribution is 5.09. The largest absolute Gasteiger partial charge is 0.329 e. The lowest BCUT2D eigenvalue weighted by atomic mass is 9.85. The fraction of sp³-hybridized carbons (Fsp3) is 0.667. The molecule has 3 atom stereocenters. The van der Waals surface area contributed by atoms with Crippen LogP contribution in [0.2, 0.25) is 0 Å². The summed E-state index contributed by atoms with van der Waals surface area (Å²) in [4.78, 5) is 6.91. The van der Waals surface area contributed by atoms with E-state index in [1.807, 2.05) is 18.3 Å². The molecule has 3 nitrogen and oxygen atoms in total. The number of likely N-dealkylation sites (N-methyl/N-ethyl adjacent to an activating group) is 1. The van der Waals surface area contributed by atoms with Crippen LogP contribution in [0, 0.1) is 5.92 Å². The van der Waals surface area contributed by atoms with Crippen LogP contribution in [0.1, 0.15) is 44.3 Å². The average molecular weight is 247 g/mol. The van der Waals surface area contributed by atoms with Crippen LogP contribution >= 0.6 is 0 Å². The Labute approximate surface area is 110 Å². The molecule has 18 heavy (non-hydrogen) atoms. The van der Waals surface area contributed by atoms with E-state index < -0.39 is 0 Å². The van der Waals surface area contributed by atoms with Crippen molar-refractivity contribution >= 4 is 0 Å². The zero-order chi connectivity index (χ0) is 13.0. The highest BCUT2D eigenvalue weighted by atomic mass is 15.2. The summed E-state index contributed by atoms with van der Waals surface area (Å²) >= 11 is 0. The third kappa shape index (κ3) is 3.09. The summed E-state index contributed by atoms with van der Waals surface area (Å²) in [6.45, 7) is 3.00. The predicted octanol–water partition coefficient (Wildman–Crippen LogP) is 2.59. The molecule has 1 fully saturated rings. The zero-order valence-electron chi connectivity index (χ0n) is 11.5. The first-order valence-electron chi connectivity index (χ1n) is 7.05. The number of rotatable bonds is 4. The minimum absolute atomic E-state index is 0.251. The van der Waals surface area contributed by atoms with Crippen molar-refractivity contribution in [3.8, 4) is 0 Å². The summed E-state index contributed by atoms with van der Waals surface area (Å²) in [5.41, 5.74) is 7.06. The van der Waals surface area contributed by atoms with Crippen LogP contribution in [-0.2, 0) is 0 Å². The Morgan fingerprint density at radius 1 is 1.44 bits per heavy atom. The monoisotopic (exact) mass is 247 g/mol. The van der Waals surface area contributed by atoms with Crippen LogP contribution in [0.25, 0.3) is 0 Å². The van der Waals surface area contributed by atoms with Gasteiger partial charge in [0.1, 0.15) is 0 Å². The number of hydrogen-bond acceptors (Lipinski definition) is 3. The van der Waals surface area contributed by atoms with Crippen molar-refractivity contribution < 1.29 is 0 Å². The van der Waals surface area contributed by atoms with Gasteiger partial charge in [0.05, 0.1) is 11.7 Å². The van der Waals surface area contributed by atoms with Crippen LogP contribution in [0.4, 0.5) is 0 Å². The van der Waals surface area contributed by atoms with Gasteiger partial charge < -0.3 is 5.73 Å². The molecule has 0 spiro atoms. The number of nitrogens with two attached hydrogens (primary N) is 1. The molecule has 3 unspecified atom stereocenters. The highest BCUT2D eigenvalue weighted by Gasteiger charge is 2.27. The molecule has 100 valence electrons. The van der Waals surface area contributed by atoms with Crippen LogP contribution in [-0.4, -0.2) is 29.5 Å². The molecule has 1 heterocycles. The van der Waals surface area contributed by atoms with E-state index in [2.05, 4.69) is 29.9 Å². The topological polar surface area (TPSA) is 42.1 Å². The van der Waals surface area contributed by atoms with Crippen molar-refractivity contribution in [1.82, 2.24) is 9.88 Å². The van der Waals surface area contributed by atoms with Gasteiger partial charge in [0.15, 0.2) is 0 Å². The molecular formula is C15H25N3. The molecule has 1 aliphatic carbocycles. The first-order valence-corrected chi connectivity index (χ1v) is 7.05. The number of hydrogen-bond donors (Lipinski definition) is 1. The van der Waals surface area contributed by atoms with Gasteiger partial charge in [0.25, 0.3) is 0 Å². The Bertz CT molecular complexity index is 352. The van der Waals surface area contributed by atoms with Crippen LogP contribution in [0.3, 0.4) is 0 Å². The molecule has 0 aliphatic heterocycles. The van der Waals surface area contributed by atoms with E-state index in [1.54, 1.807) is 0 Å². The maximum absolute atomic E-state index is 5.97. The van der Waals surface area contributed by atoms with Crippen molar-refractivity contribution in [2.75, 3.05) is 13.6 Å². The molecule has 0 radical (unpaired) electrons. The van der Waals surface area contributed by atoms with Crippen molar-refractivity contribution in [3.05, 3.63) is 30.1 Å². The van der Waals surface area contributed by atoms with Gasteiger partial charge in [-0.3, -0.25) is 9.88 Å². The summed E-state index contributed by atoms with van der Waals surface area (Å²) in [5.74, 6) is 0.841. The van der Waals surface area contributed by atoms with Crippen molar-refractivity contribution in [3.63, 3.8) is 0 Å². The lowest BCUT2D eigenvalue weighted by Gasteiger charge is -2.38. The second kappa shape index (κ2) is 6.30. The average Bonchev–Trinajstić information content (AvgIpc) is 2.41. The van der Waals surface area contributed by atoms with Gasteiger partial charge in [-0.2, -0.15) is 0 Å². The van der Waals surface area contributed by atoms with E-state index in [0.717, 1.165) is 11.6 Å². The van der Waals surface area contributed by atoms with Crippen LogP contribution in [0.5, 0.6) is 0 Å². The molecule has 0 saturated heterocycles. The van der Waals surface area contributed by atoms with E-state index in [4.69, 9.17) is 5.73 Å². The Balaban J connectivity index is 2.07. The van der Waals surface area contributed by atoms with Gasteiger partial charge in [-0.15, -0.1) is 0 Å². The predicted molar refractivity (Wildman–Crippen MR) is 75.2 cm³/mol. The first kappa shape index (κ1) is 13.5. The van der Waals surface area contributed by atoms with Gasteiger partial charge in [0, 0.05) is 18.8 Å². The minimum Gasteiger partial charge on any atom is -0.329 e. The fourth-order valence-corrected chi connectivity index (χ4v) is 3.10. The molecule has 2 rings (SSSR count). The van der Waals surface area contributed by atoms with E-state index in [9.17, 15) is 0 Å². The smallest absolute Gasteiger partial charge is 0.0644 e. The summed E-state index contributed by atoms with van der Waals surface area (Å²) < 4.78 is 0. The fourth-order valence-electron chi connectivity index (χ4n) is 3.10. The van der Waals surface area contributed by atoms with Gasteiger partial charge in [0.2, 0.25) is 0 Å². The number of aromatic nitrogens is 1. The second-order valence-corrected chi connectivity index (χ2v) is 5.60. The Hall–Kier alpha value is -0.930. The van der Waals surface area contributed by atoms with Gasteiger partial charge in [-0.1, -0.05) is 25.8 Å². The van der Waals surface area contributed by atoms with Crippen molar-refractivity contribution in [2.24, 2.45) is 11.7 Å². The molecule has 3 heteroatoms. The van der Waals surface area contributed by atoms with Gasteiger partial charge in [-0.05, 0) is 37.9 Å². The number of nitrogens with zero attached hydrogens (tertiary/aromatic N) is 2. The lowest BCUT2D eigenvalue weighted by Crippen LogP contribution is -2.41. The first-order chi connectivity index (χ1) is 8.72. The van der Waals surface area contributed by atoms with E-state index in [-0.39, 0.29) is 6.04 Å². The van der Waals surface area contributed by atoms with Crippen LogP contribution in [0.15, 0.2) is 24.4 Å². The van der Waals surface area contributed by atoms with Gasteiger partial charge >= 0.3 is 0 Å². The van der Waals surface area contributed by atoms with E-state index >= 15 is 0 Å². The molecule has 1 saturated carbocycles. The lowest BCUT2D eigenvalue weighted by molar-refractivity contribution is 0.119. The highest BCUT2D eigenvalue weighted by Crippen LogP contribution is 2.30. The molecule has 1 aromatic rings. The third-order valence-corrected chi connectivity index (χ3v) is 4.23. The van der Waals surface area contributed by atoms with Crippen LogP contribution < -0.4 is 5.73 Å². The summed E-state index contributed by atoms with van der Waals surface area (Å²) in [5, 5.41) is 0. The Kier molecular flexibility index (Phi) is 4.72. The number of pyridine rings is 1. The normalized spacial score (nSPS) is 26.2. The standard InChI is InChI=1S/C15H25N3/c1-12-6-5-7-13(10-12)18(2)15(11-16)14-8-3-4-9-17-14/h3-4,8-9,12-13,15H,5-7,10-11,16H2,1-2H3. The van der Waals surface area contributed by atoms with E-state index in [1.165, 1.54) is 25.7 Å². The maximum atomic E-state index is 5.97. The molecule has 1 aliphatic rings. The molecule has 2 N–H and O–H groups in total. The third-order valence-electron chi connectivity index (χ3n) is 4.23. The Morgan fingerprint density at radius 2 is 2.28 bits per heavy atom. The second-order valence-electron chi connectivity index (χ2n) is 5.60. The van der Waals surface area contributed by atoms with Gasteiger partial charge in [-0.25, -0.2) is 0 Å². The Morgan fingerprint density at radius 3 is 2.89 bits per heavy atom. The molecule has 0 aromatic carbocycles. The van der Waals surface area contributed by atoms with E-state index in [0.29, 0.717) is 12.6 Å². The summed E-state index contributed by atoms with van der Waals surface area (Å²) in [6.07, 6.45) is 7.16. The molecule has 0 bridgehead atoms. The summed E-state index contributed by atoms with van der Waals surface area (Å²) in [7, 11) is 2.20. The maximum Gasteiger partial charge on any atom is 0.0644 e. The quantitative estimate of drug-likeness (QED) is 0.889. The van der Waals surface area contributed by atoms with Crippen molar-refractivity contribution in [2.45, 2.75) is 44.7 Å². The van der Waals surface area contributed by atoms with Crippen molar-refractivity contribution in [1.29, 1.82) is 0 Å². The zero-order valence-corrected chi connectivity index (χ0v) is 11.5.